The molecule has 0 aromatic carbocycles. The molecule has 1 fully saturated rings. The Morgan fingerprint density at radius 3 is 2.65 bits per heavy atom. The third kappa shape index (κ3) is 3.00. The number of hydrazine groups is 1. The second-order valence-electron chi connectivity index (χ2n) is 4.54. The van der Waals surface area contributed by atoms with Crippen LogP contribution >= 0.6 is 11.6 Å². The molecule has 1 N–H and O–H groups in total. The van der Waals surface area contributed by atoms with Gasteiger partial charge in [-0.2, -0.15) is 5.10 Å². The standard InChI is InChI=1S/C12H21ClN4/c1-3-17-11(12(13)10(2)15-17)9-14-16-7-5-4-6-8-16/h14H,3-9H2,1-2H3. The van der Waals surface area contributed by atoms with Crippen LogP contribution in [-0.4, -0.2) is 27.9 Å². The molecule has 17 heavy (non-hydrogen) atoms. The molecule has 0 radical (unpaired) electrons. The Morgan fingerprint density at radius 1 is 1.29 bits per heavy atom. The molecule has 0 atom stereocenters. The fraction of sp³-hybridized carbons (Fsp3) is 0.750. The van der Waals surface area contributed by atoms with E-state index in [1.54, 1.807) is 0 Å². The van der Waals surface area contributed by atoms with Gasteiger partial charge in [-0.15, -0.1) is 0 Å². The Kier molecular flexibility index (Phi) is 4.42. The predicted octanol–water partition coefficient (Wildman–Crippen LogP) is 2.36. The molecule has 1 aliphatic heterocycles. The van der Waals surface area contributed by atoms with Crippen molar-refractivity contribution >= 4 is 11.6 Å². The highest BCUT2D eigenvalue weighted by molar-refractivity contribution is 6.31. The van der Waals surface area contributed by atoms with Crippen molar-refractivity contribution in [3.05, 3.63) is 16.4 Å². The van der Waals surface area contributed by atoms with Crippen LogP contribution in [0.25, 0.3) is 0 Å². The third-order valence-electron chi connectivity index (χ3n) is 3.28. The van der Waals surface area contributed by atoms with Gasteiger partial charge in [-0.25, -0.2) is 10.4 Å². The van der Waals surface area contributed by atoms with Crippen LogP contribution in [0.3, 0.4) is 0 Å². The van der Waals surface area contributed by atoms with Crippen molar-refractivity contribution in [3.8, 4) is 0 Å². The summed E-state index contributed by atoms with van der Waals surface area (Å²) in [5.74, 6) is 0. The summed E-state index contributed by atoms with van der Waals surface area (Å²) in [7, 11) is 0. The molecule has 1 aromatic heterocycles. The summed E-state index contributed by atoms with van der Waals surface area (Å²) < 4.78 is 1.98. The summed E-state index contributed by atoms with van der Waals surface area (Å²) in [5.41, 5.74) is 5.47. The molecule has 1 aliphatic rings. The summed E-state index contributed by atoms with van der Waals surface area (Å²) in [5, 5.41) is 7.51. The minimum absolute atomic E-state index is 0.771. The first-order valence-electron chi connectivity index (χ1n) is 6.42. The average molecular weight is 257 g/mol. The van der Waals surface area contributed by atoms with Crippen LogP contribution < -0.4 is 5.43 Å². The fourth-order valence-electron chi connectivity index (χ4n) is 2.28. The molecule has 0 amide bonds. The summed E-state index contributed by atoms with van der Waals surface area (Å²) in [4.78, 5) is 0. The molecule has 2 heterocycles. The molecule has 0 saturated carbocycles. The molecule has 1 saturated heterocycles. The maximum atomic E-state index is 6.27. The largest absolute Gasteiger partial charge is 0.267 e. The first-order chi connectivity index (χ1) is 8.22. The first-order valence-corrected chi connectivity index (χ1v) is 6.80. The van der Waals surface area contributed by atoms with Crippen molar-refractivity contribution < 1.29 is 0 Å². The lowest BCUT2D eigenvalue weighted by molar-refractivity contribution is 0.149. The van der Waals surface area contributed by atoms with E-state index >= 15 is 0 Å². The van der Waals surface area contributed by atoms with E-state index in [4.69, 9.17) is 11.6 Å². The minimum Gasteiger partial charge on any atom is -0.267 e. The highest BCUT2D eigenvalue weighted by Crippen LogP contribution is 2.20. The van der Waals surface area contributed by atoms with E-state index in [1.165, 1.54) is 19.3 Å². The van der Waals surface area contributed by atoms with E-state index < -0.39 is 0 Å². The van der Waals surface area contributed by atoms with Gasteiger partial charge >= 0.3 is 0 Å². The molecule has 0 unspecified atom stereocenters. The van der Waals surface area contributed by atoms with Crippen LogP contribution in [-0.2, 0) is 13.1 Å². The Morgan fingerprint density at radius 2 is 2.00 bits per heavy atom. The number of aromatic nitrogens is 2. The summed E-state index contributed by atoms with van der Waals surface area (Å²) >= 11 is 6.27. The Balaban J connectivity index is 1.97. The number of halogens is 1. The maximum absolute atomic E-state index is 6.27. The highest BCUT2D eigenvalue weighted by Gasteiger charge is 2.14. The quantitative estimate of drug-likeness (QED) is 0.898. The lowest BCUT2D eigenvalue weighted by Crippen LogP contribution is -2.41. The van der Waals surface area contributed by atoms with Crippen LogP contribution in [0.1, 0.15) is 37.6 Å². The molecule has 0 spiro atoms. The number of nitrogens with one attached hydrogen (secondary N) is 1. The predicted molar refractivity (Wildman–Crippen MR) is 69.9 cm³/mol. The van der Waals surface area contributed by atoms with E-state index in [1.807, 2.05) is 11.6 Å². The van der Waals surface area contributed by atoms with Crippen molar-refractivity contribution in [1.82, 2.24) is 20.2 Å². The van der Waals surface area contributed by atoms with E-state index in [0.717, 1.165) is 42.6 Å². The van der Waals surface area contributed by atoms with Gasteiger partial charge in [0.25, 0.3) is 0 Å². The Bertz CT molecular complexity index is 369. The fourth-order valence-corrected chi connectivity index (χ4v) is 2.48. The van der Waals surface area contributed by atoms with Gasteiger partial charge in [0.05, 0.1) is 23.0 Å². The minimum atomic E-state index is 0.771. The summed E-state index contributed by atoms with van der Waals surface area (Å²) in [6.45, 7) is 7.96. The van der Waals surface area contributed by atoms with Crippen molar-refractivity contribution in [2.24, 2.45) is 0 Å². The first kappa shape index (κ1) is 12.9. The van der Waals surface area contributed by atoms with Gasteiger partial charge in [-0.3, -0.25) is 4.68 Å². The SMILES string of the molecule is CCn1nc(C)c(Cl)c1CNN1CCCCC1. The van der Waals surface area contributed by atoms with Crippen LogP contribution in [0.15, 0.2) is 0 Å². The molecule has 5 heteroatoms. The number of hydrogen-bond donors (Lipinski definition) is 1. The lowest BCUT2D eigenvalue weighted by atomic mass is 10.2. The molecule has 96 valence electrons. The molecule has 2 rings (SSSR count). The van der Waals surface area contributed by atoms with Gasteiger partial charge in [0.15, 0.2) is 0 Å². The highest BCUT2D eigenvalue weighted by atomic mass is 35.5. The smallest absolute Gasteiger partial charge is 0.0860 e. The van der Waals surface area contributed by atoms with E-state index in [-0.39, 0.29) is 0 Å². The molecular weight excluding hydrogens is 236 g/mol. The Labute approximate surface area is 108 Å². The molecule has 1 aromatic rings. The second-order valence-corrected chi connectivity index (χ2v) is 4.92. The van der Waals surface area contributed by atoms with Crippen molar-refractivity contribution in [2.75, 3.05) is 13.1 Å². The van der Waals surface area contributed by atoms with Crippen molar-refractivity contribution in [1.29, 1.82) is 0 Å². The van der Waals surface area contributed by atoms with Gasteiger partial charge in [-0.1, -0.05) is 18.0 Å². The monoisotopic (exact) mass is 256 g/mol. The van der Waals surface area contributed by atoms with Crippen molar-refractivity contribution in [3.63, 3.8) is 0 Å². The van der Waals surface area contributed by atoms with Crippen LogP contribution in [0.5, 0.6) is 0 Å². The maximum Gasteiger partial charge on any atom is 0.0860 e. The van der Waals surface area contributed by atoms with Crippen molar-refractivity contribution in [2.45, 2.75) is 46.2 Å². The number of nitrogens with zero attached hydrogens (tertiary/aromatic N) is 3. The molecule has 4 nitrogen and oxygen atoms in total. The Hall–Kier alpha value is -0.580. The van der Waals surface area contributed by atoms with E-state index in [0.29, 0.717) is 0 Å². The third-order valence-corrected chi connectivity index (χ3v) is 3.77. The molecule has 0 aliphatic carbocycles. The zero-order valence-electron chi connectivity index (χ0n) is 10.7. The van der Waals surface area contributed by atoms with E-state index in [9.17, 15) is 0 Å². The van der Waals surface area contributed by atoms with Gasteiger partial charge in [0, 0.05) is 19.6 Å². The zero-order valence-corrected chi connectivity index (χ0v) is 11.4. The number of piperidine rings is 1. The van der Waals surface area contributed by atoms with Gasteiger partial charge in [0.2, 0.25) is 0 Å². The topological polar surface area (TPSA) is 33.1 Å². The van der Waals surface area contributed by atoms with Crippen LogP contribution in [0.4, 0.5) is 0 Å². The van der Waals surface area contributed by atoms with Crippen LogP contribution in [0.2, 0.25) is 5.02 Å². The second kappa shape index (κ2) is 5.85. The number of rotatable bonds is 4. The number of aryl methyl sites for hydroxylation is 2. The van der Waals surface area contributed by atoms with Crippen LogP contribution in [0, 0.1) is 6.92 Å². The molecule has 0 bridgehead atoms. The van der Waals surface area contributed by atoms with Gasteiger partial charge < -0.3 is 0 Å². The normalized spacial score (nSPS) is 17.6. The van der Waals surface area contributed by atoms with Gasteiger partial charge in [0.1, 0.15) is 0 Å². The van der Waals surface area contributed by atoms with Gasteiger partial charge in [-0.05, 0) is 26.7 Å². The lowest BCUT2D eigenvalue weighted by Gasteiger charge is -2.27. The van der Waals surface area contributed by atoms with E-state index in [2.05, 4.69) is 22.5 Å². The summed E-state index contributed by atoms with van der Waals surface area (Å²) in [6, 6.07) is 0. The average Bonchev–Trinajstić information content (AvgIpc) is 2.64. The zero-order chi connectivity index (χ0) is 12.3. The molecular formula is C12H21ClN4. The number of hydrogen-bond acceptors (Lipinski definition) is 3. The summed E-state index contributed by atoms with van der Waals surface area (Å²) in [6.07, 6.45) is 3.92.